The van der Waals surface area contributed by atoms with Crippen LogP contribution in [0, 0.1) is 11.6 Å². The highest BCUT2D eigenvalue weighted by atomic mass is 19.1. The lowest BCUT2D eigenvalue weighted by Crippen LogP contribution is -2.19. The maximum atomic E-state index is 13.4. The van der Waals surface area contributed by atoms with E-state index in [2.05, 4.69) is 5.32 Å². The molecule has 0 aliphatic heterocycles. The van der Waals surface area contributed by atoms with Gasteiger partial charge in [0.2, 0.25) is 0 Å². The molecule has 0 aliphatic rings. The number of hydrogen-bond acceptors (Lipinski definition) is 2. The van der Waals surface area contributed by atoms with E-state index in [-0.39, 0.29) is 17.4 Å². The minimum atomic E-state index is -0.653. The largest absolute Gasteiger partial charge is 0.397 e. The molecular formula is C11H16F2N2. The molecule has 1 rings (SSSR count). The predicted molar refractivity (Wildman–Crippen MR) is 58.8 cm³/mol. The van der Waals surface area contributed by atoms with Gasteiger partial charge in [0, 0.05) is 12.1 Å². The Labute approximate surface area is 88.5 Å². The molecule has 15 heavy (non-hydrogen) atoms. The van der Waals surface area contributed by atoms with Crippen LogP contribution in [0.3, 0.4) is 0 Å². The van der Waals surface area contributed by atoms with E-state index in [9.17, 15) is 8.78 Å². The van der Waals surface area contributed by atoms with Crippen molar-refractivity contribution in [3.8, 4) is 0 Å². The van der Waals surface area contributed by atoms with Crippen LogP contribution < -0.4 is 11.1 Å². The lowest BCUT2D eigenvalue weighted by atomic mass is 10.1. The molecule has 0 amide bonds. The van der Waals surface area contributed by atoms with Crippen LogP contribution in [-0.4, -0.2) is 6.04 Å². The van der Waals surface area contributed by atoms with Crippen LogP contribution in [0.4, 0.5) is 20.2 Å². The van der Waals surface area contributed by atoms with E-state index >= 15 is 0 Å². The average Bonchev–Trinajstić information content (AvgIpc) is 2.17. The lowest BCUT2D eigenvalue weighted by molar-refractivity contribution is 0.581. The topological polar surface area (TPSA) is 38.0 Å². The average molecular weight is 214 g/mol. The number of benzene rings is 1. The van der Waals surface area contributed by atoms with Gasteiger partial charge >= 0.3 is 0 Å². The van der Waals surface area contributed by atoms with Crippen LogP contribution in [0.15, 0.2) is 12.1 Å². The van der Waals surface area contributed by atoms with Crippen molar-refractivity contribution < 1.29 is 8.78 Å². The van der Waals surface area contributed by atoms with Gasteiger partial charge in [-0.15, -0.1) is 0 Å². The molecule has 1 aromatic rings. The number of hydrogen-bond donors (Lipinski definition) is 2. The summed E-state index contributed by atoms with van der Waals surface area (Å²) in [6.07, 6.45) is 1.74. The summed E-state index contributed by atoms with van der Waals surface area (Å²) < 4.78 is 26.1. The van der Waals surface area contributed by atoms with Crippen molar-refractivity contribution in [3.63, 3.8) is 0 Å². The van der Waals surface area contributed by atoms with Crippen molar-refractivity contribution in [3.05, 3.63) is 23.8 Å². The Morgan fingerprint density at radius 2 is 1.87 bits per heavy atom. The zero-order valence-electron chi connectivity index (χ0n) is 8.98. The van der Waals surface area contributed by atoms with E-state index in [4.69, 9.17) is 5.73 Å². The summed E-state index contributed by atoms with van der Waals surface area (Å²) in [5.41, 5.74) is 5.85. The summed E-state index contributed by atoms with van der Waals surface area (Å²) in [4.78, 5) is 0. The Morgan fingerprint density at radius 1 is 1.27 bits per heavy atom. The van der Waals surface area contributed by atoms with Crippen molar-refractivity contribution in [2.24, 2.45) is 0 Å². The van der Waals surface area contributed by atoms with Crippen LogP contribution in [0.2, 0.25) is 0 Å². The van der Waals surface area contributed by atoms with E-state index in [0.29, 0.717) is 0 Å². The second-order valence-electron chi connectivity index (χ2n) is 3.51. The summed E-state index contributed by atoms with van der Waals surface area (Å²) in [7, 11) is 0. The Morgan fingerprint density at radius 3 is 2.33 bits per heavy atom. The fourth-order valence-corrected chi connectivity index (χ4v) is 1.44. The molecule has 0 spiro atoms. The first kappa shape index (κ1) is 11.8. The first-order valence-corrected chi connectivity index (χ1v) is 5.09. The van der Waals surface area contributed by atoms with Gasteiger partial charge in [-0.1, -0.05) is 13.8 Å². The standard InChI is InChI=1S/C11H16F2N2/c1-3-8(4-2)15-11-9(13)5-7(12)6-10(11)14/h5-6,8,15H,3-4,14H2,1-2H3. The smallest absolute Gasteiger partial charge is 0.151 e. The maximum absolute atomic E-state index is 13.4. The first-order valence-electron chi connectivity index (χ1n) is 5.09. The Hall–Kier alpha value is -1.32. The normalized spacial score (nSPS) is 10.7. The third-order valence-electron chi connectivity index (χ3n) is 2.42. The third-order valence-corrected chi connectivity index (χ3v) is 2.42. The number of nitrogens with two attached hydrogens (primary N) is 1. The molecule has 3 N–H and O–H groups in total. The molecule has 0 aromatic heterocycles. The molecule has 0 saturated heterocycles. The van der Waals surface area contributed by atoms with Crippen molar-refractivity contribution in [2.75, 3.05) is 11.1 Å². The second kappa shape index (κ2) is 4.96. The number of anilines is 2. The van der Waals surface area contributed by atoms with E-state index < -0.39 is 11.6 Å². The van der Waals surface area contributed by atoms with Gasteiger partial charge in [-0.3, -0.25) is 0 Å². The lowest BCUT2D eigenvalue weighted by Gasteiger charge is -2.18. The number of rotatable bonds is 4. The molecular weight excluding hydrogens is 198 g/mol. The van der Waals surface area contributed by atoms with Crippen LogP contribution in [0.25, 0.3) is 0 Å². The minimum absolute atomic E-state index is 0.111. The molecule has 0 bridgehead atoms. The molecule has 2 nitrogen and oxygen atoms in total. The maximum Gasteiger partial charge on any atom is 0.151 e. The monoisotopic (exact) mass is 214 g/mol. The van der Waals surface area contributed by atoms with Gasteiger partial charge in [0.05, 0.1) is 11.4 Å². The summed E-state index contributed by atoms with van der Waals surface area (Å²) >= 11 is 0. The van der Waals surface area contributed by atoms with Gasteiger partial charge in [0.25, 0.3) is 0 Å². The van der Waals surface area contributed by atoms with E-state index in [1.54, 1.807) is 0 Å². The van der Waals surface area contributed by atoms with E-state index in [0.717, 1.165) is 25.0 Å². The van der Waals surface area contributed by atoms with Crippen LogP contribution in [-0.2, 0) is 0 Å². The summed E-state index contributed by atoms with van der Waals surface area (Å²) in [6, 6.07) is 2.11. The number of nitrogens with one attached hydrogen (secondary N) is 1. The highest BCUT2D eigenvalue weighted by molar-refractivity contribution is 5.67. The summed E-state index contributed by atoms with van der Waals surface area (Å²) in [5.74, 6) is -1.29. The van der Waals surface area contributed by atoms with Gasteiger partial charge in [0.15, 0.2) is 5.82 Å². The Balaban J connectivity index is 2.94. The quantitative estimate of drug-likeness (QED) is 0.755. The number of halogens is 2. The highest BCUT2D eigenvalue weighted by Gasteiger charge is 2.12. The van der Waals surface area contributed by atoms with Crippen molar-refractivity contribution in [2.45, 2.75) is 32.7 Å². The molecule has 4 heteroatoms. The first-order chi connectivity index (χ1) is 7.08. The molecule has 0 saturated carbocycles. The fraction of sp³-hybridized carbons (Fsp3) is 0.455. The fourth-order valence-electron chi connectivity index (χ4n) is 1.44. The SMILES string of the molecule is CCC(CC)Nc1c(N)cc(F)cc1F. The van der Waals surface area contributed by atoms with Crippen molar-refractivity contribution in [1.82, 2.24) is 0 Å². The second-order valence-corrected chi connectivity index (χ2v) is 3.51. The van der Waals surface area contributed by atoms with Gasteiger partial charge in [-0.05, 0) is 18.9 Å². The molecule has 0 fully saturated rings. The van der Waals surface area contributed by atoms with Gasteiger partial charge < -0.3 is 11.1 Å². The zero-order valence-corrected chi connectivity index (χ0v) is 8.98. The minimum Gasteiger partial charge on any atom is -0.397 e. The van der Waals surface area contributed by atoms with Crippen molar-refractivity contribution >= 4 is 11.4 Å². The van der Waals surface area contributed by atoms with Gasteiger partial charge in [-0.25, -0.2) is 8.78 Å². The Bertz CT molecular complexity index is 312. The number of nitrogen functional groups attached to an aromatic ring is 1. The van der Waals surface area contributed by atoms with Crippen LogP contribution in [0.5, 0.6) is 0 Å². The zero-order chi connectivity index (χ0) is 11.4. The third kappa shape index (κ3) is 2.81. The molecule has 0 radical (unpaired) electrons. The van der Waals surface area contributed by atoms with Crippen molar-refractivity contribution in [1.29, 1.82) is 0 Å². The molecule has 1 aromatic carbocycles. The van der Waals surface area contributed by atoms with Gasteiger partial charge in [-0.2, -0.15) is 0 Å². The summed E-state index contributed by atoms with van der Waals surface area (Å²) in [5, 5.41) is 2.98. The van der Waals surface area contributed by atoms with Crippen LogP contribution in [0.1, 0.15) is 26.7 Å². The molecule has 0 atom stereocenters. The Kier molecular flexibility index (Phi) is 3.88. The molecule has 0 aliphatic carbocycles. The highest BCUT2D eigenvalue weighted by Crippen LogP contribution is 2.25. The van der Waals surface area contributed by atoms with E-state index in [1.165, 1.54) is 0 Å². The summed E-state index contributed by atoms with van der Waals surface area (Å²) in [6.45, 7) is 4.00. The molecule has 0 unspecified atom stereocenters. The van der Waals surface area contributed by atoms with Gasteiger partial charge in [0.1, 0.15) is 5.82 Å². The van der Waals surface area contributed by atoms with Crippen LogP contribution >= 0.6 is 0 Å². The molecule has 84 valence electrons. The predicted octanol–water partition coefficient (Wildman–Crippen LogP) is 3.15. The van der Waals surface area contributed by atoms with E-state index in [1.807, 2.05) is 13.8 Å². The molecule has 0 heterocycles.